The molecular weight excluding hydrogens is 568 g/mol. The summed E-state index contributed by atoms with van der Waals surface area (Å²) in [5, 5.41) is 6.13. The summed E-state index contributed by atoms with van der Waals surface area (Å²) in [4.78, 5) is 55.1. The summed E-state index contributed by atoms with van der Waals surface area (Å²) in [6, 6.07) is -0.546. The summed E-state index contributed by atoms with van der Waals surface area (Å²) in [6.07, 6.45) is 6.99. The maximum absolute atomic E-state index is 14.1. The zero-order chi connectivity index (χ0) is 33.6. The number of carbonyl (C=O) groups excluding carboxylic acids is 4. The van der Waals surface area contributed by atoms with Crippen LogP contribution >= 0.6 is 0 Å². The van der Waals surface area contributed by atoms with Crippen LogP contribution in [0.4, 0.5) is 0 Å². The minimum Gasteiger partial charge on any atom is -0.381 e. The molecule has 11 atom stereocenters. The van der Waals surface area contributed by atoms with Gasteiger partial charge in [-0.1, -0.05) is 61.8 Å². The Morgan fingerprint density at radius 3 is 2.04 bits per heavy atom. The Balaban J connectivity index is 1.44. The highest BCUT2D eigenvalue weighted by molar-refractivity contribution is 5.92. The van der Waals surface area contributed by atoms with E-state index in [4.69, 9.17) is 10.5 Å². The van der Waals surface area contributed by atoms with Crippen molar-refractivity contribution in [2.75, 3.05) is 14.2 Å². The topological polar surface area (TPSA) is 131 Å². The molecular formula is C36H62N4O5. The van der Waals surface area contributed by atoms with E-state index in [-0.39, 0.29) is 88.0 Å². The first-order chi connectivity index (χ1) is 21.1. The number of ketones is 1. The molecule has 3 aliphatic carbocycles. The predicted octanol–water partition coefficient (Wildman–Crippen LogP) is 4.32. The third kappa shape index (κ3) is 6.86. The van der Waals surface area contributed by atoms with Gasteiger partial charge < -0.3 is 26.0 Å². The third-order valence-electron chi connectivity index (χ3n) is 12.9. The van der Waals surface area contributed by atoms with E-state index in [0.717, 1.165) is 32.1 Å². The van der Waals surface area contributed by atoms with Gasteiger partial charge in [0.15, 0.2) is 5.78 Å². The Bertz CT molecular complexity index is 1120. The van der Waals surface area contributed by atoms with Crippen LogP contribution in [-0.4, -0.2) is 72.8 Å². The molecule has 0 aromatic heterocycles. The molecule has 3 saturated carbocycles. The number of likely N-dealkylation sites (tertiary alicyclic amines) is 1. The summed E-state index contributed by atoms with van der Waals surface area (Å²) in [7, 11) is 3.49. The van der Waals surface area contributed by atoms with Gasteiger partial charge in [-0.15, -0.1) is 0 Å². The number of likely N-dealkylation sites (N-methyl/N-ethyl adjacent to an activating group) is 1. The lowest BCUT2D eigenvalue weighted by Crippen LogP contribution is -2.54. The zero-order valence-corrected chi connectivity index (χ0v) is 29.7. The molecule has 4 aliphatic rings. The van der Waals surface area contributed by atoms with Crippen molar-refractivity contribution in [2.45, 2.75) is 137 Å². The number of primary amides is 1. The highest BCUT2D eigenvalue weighted by Crippen LogP contribution is 2.83. The molecule has 9 heteroatoms. The van der Waals surface area contributed by atoms with E-state index in [1.165, 1.54) is 6.42 Å². The molecule has 0 aromatic rings. The molecule has 0 bridgehead atoms. The molecule has 1 spiro atoms. The van der Waals surface area contributed by atoms with Gasteiger partial charge in [-0.2, -0.15) is 0 Å². The zero-order valence-electron chi connectivity index (χ0n) is 29.7. The summed E-state index contributed by atoms with van der Waals surface area (Å²) >= 11 is 0. The first-order valence-electron chi connectivity index (χ1n) is 17.7. The van der Waals surface area contributed by atoms with Gasteiger partial charge in [-0.05, 0) is 86.0 Å². The minimum atomic E-state index is -0.546. The molecule has 3 unspecified atom stereocenters. The second-order valence-electron chi connectivity index (χ2n) is 16.0. The standard InChI is InChI=1S/C36H62N4O5/c1-11-35(14-15-35)24(13-12-21(6)31(42)29(19(2)3)39-34(44)30(38-9)20(4)5)27(45-10)16-28(41)40-26(22(7)23(8)33(37)43)18-36-17-25(36)32(36)40/h19-27,29-30,32,38H,11-18H2,1-10H3,(H2,37,43)(H,39,44)/t21?,22-,23-,24?,25?,26+,27-,29+,30+,32+,36+/m1/s1. The molecule has 4 N–H and O–H groups in total. The Labute approximate surface area is 271 Å². The Morgan fingerprint density at radius 2 is 1.58 bits per heavy atom. The van der Waals surface area contributed by atoms with E-state index in [0.29, 0.717) is 24.8 Å². The van der Waals surface area contributed by atoms with E-state index >= 15 is 0 Å². The minimum absolute atomic E-state index is 0.0160. The number of hydrogen-bond acceptors (Lipinski definition) is 6. The van der Waals surface area contributed by atoms with Crippen molar-refractivity contribution in [1.82, 2.24) is 15.5 Å². The number of fused-ring (bicyclic) bond motifs is 1. The Kier molecular flexibility index (Phi) is 10.8. The van der Waals surface area contributed by atoms with Gasteiger partial charge in [0, 0.05) is 31.0 Å². The number of amides is 3. The van der Waals surface area contributed by atoms with Gasteiger partial charge in [0.2, 0.25) is 17.7 Å². The second-order valence-corrected chi connectivity index (χ2v) is 16.0. The van der Waals surface area contributed by atoms with Gasteiger partial charge in [0.1, 0.15) is 0 Å². The maximum Gasteiger partial charge on any atom is 0.237 e. The number of methoxy groups -OCH3 is 1. The summed E-state index contributed by atoms with van der Waals surface area (Å²) in [6.45, 7) is 16.1. The molecule has 3 amide bonds. The fraction of sp³-hybridized carbons (Fsp3) is 0.889. The molecule has 0 aromatic carbocycles. The number of nitrogens with one attached hydrogen (secondary N) is 2. The fourth-order valence-corrected chi connectivity index (χ4v) is 9.02. The van der Waals surface area contributed by atoms with Gasteiger partial charge in [-0.3, -0.25) is 19.2 Å². The van der Waals surface area contributed by atoms with Gasteiger partial charge in [-0.25, -0.2) is 0 Å². The number of hydrogen-bond donors (Lipinski definition) is 3. The van der Waals surface area contributed by atoms with Crippen LogP contribution in [0.5, 0.6) is 0 Å². The van der Waals surface area contributed by atoms with Crippen molar-refractivity contribution in [2.24, 2.45) is 58.0 Å². The number of Topliss-reactive ketones (excluding diaryl/α,β-unsaturated/α-hetero) is 1. The van der Waals surface area contributed by atoms with E-state index < -0.39 is 6.04 Å². The van der Waals surface area contributed by atoms with Crippen LogP contribution in [-0.2, 0) is 23.9 Å². The monoisotopic (exact) mass is 630 g/mol. The van der Waals surface area contributed by atoms with E-state index in [2.05, 4.69) is 29.4 Å². The third-order valence-corrected chi connectivity index (χ3v) is 12.9. The average Bonchev–Trinajstić information content (AvgIpc) is 3.93. The first-order valence-corrected chi connectivity index (χ1v) is 17.7. The van der Waals surface area contributed by atoms with Gasteiger partial charge >= 0.3 is 0 Å². The number of rotatable bonds is 19. The number of nitrogens with two attached hydrogens (primary N) is 1. The lowest BCUT2D eigenvalue weighted by Gasteiger charge is -2.38. The summed E-state index contributed by atoms with van der Waals surface area (Å²) < 4.78 is 6.16. The predicted molar refractivity (Wildman–Crippen MR) is 176 cm³/mol. The molecule has 0 radical (unpaired) electrons. The fourth-order valence-electron chi connectivity index (χ4n) is 9.02. The Morgan fingerprint density at radius 1 is 0.956 bits per heavy atom. The van der Waals surface area contributed by atoms with Gasteiger partial charge in [0.05, 0.1) is 24.6 Å². The molecule has 9 nitrogen and oxygen atoms in total. The van der Waals surface area contributed by atoms with Crippen LogP contribution in [0.3, 0.4) is 0 Å². The van der Waals surface area contributed by atoms with Crippen molar-refractivity contribution in [1.29, 1.82) is 0 Å². The SMILES string of the molecule is CCC1(C(CCC(C)C(=O)[C@@H](NC(=O)[C@@H](NC)C(C)C)C(C)C)[C@@H](CC(=O)N2[C@H]3C4C[C@]43C[C@H]2[C@H](C)[C@@H](C)C(N)=O)OC)CC1. The van der Waals surface area contributed by atoms with Crippen molar-refractivity contribution in [3.8, 4) is 0 Å². The summed E-state index contributed by atoms with van der Waals surface area (Å²) in [5.74, 6) is 0.131. The molecule has 256 valence electrons. The number of ether oxygens (including phenoxy) is 1. The van der Waals surface area contributed by atoms with E-state index in [1.807, 2.05) is 41.5 Å². The normalized spacial score (nSPS) is 30.4. The van der Waals surface area contributed by atoms with E-state index in [9.17, 15) is 19.2 Å². The van der Waals surface area contributed by atoms with Crippen molar-refractivity contribution < 1.29 is 23.9 Å². The highest BCUT2D eigenvalue weighted by atomic mass is 16.5. The lowest BCUT2D eigenvalue weighted by molar-refractivity contribution is -0.140. The van der Waals surface area contributed by atoms with E-state index in [1.54, 1.807) is 14.2 Å². The highest BCUT2D eigenvalue weighted by Gasteiger charge is 2.85. The molecule has 45 heavy (non-hydrogen) atoms. The smallest absolute Gasteiger partial charge is 0.237 e. The van der Waals surface area contributed by atoms with Crippen molar-refractivity contribution >= 4 is 23.5 Å². The van der Waals surface area contributed by atoms with Crippen LogP contribution < -0.4 is 16.4 Å². The molecule has 1 aliphatic heterocycles. The largest absolute Gasteiger partial charge is 0.381 e. The first kappa shape index (κ1) is 35.8. The van der Waals surface area contributed by atoms with Crippen LogP contribution in [0.2, 0.25) is 0 Å². The quantitative estimate of drug-likeness (QED) is 0.195. The molecule has 1 heterocycles. The number of carbonyl (C=O) groups is 4. The van der Waals surface area contributed by atoms with Crippen molar-refractivity contribution in [3.05, 3.63) is 0 Å². The molecule has 4 fully saturated rings. The molecule has 1 saturated heterocycles. The second kappa shape index (κ2) is 13.6. The van der Waals surface area contributed by atoms with Crippen LogP contribution in [0.15, 0.2) is 0 Å². The Hall–Kier alpha value is -2.00. The molecule has 4 rings (SSSR count). The summed E-state index contributed by atoms with van der Waals surface area (Å²) in [5.41, 5.74) is 6.11. The van der Waals surface area contributed by atoms with Crippen LogP contribution in [0.1, 0.15) is 107 Å². The average molecular weight is 631 g/mol. The van der Waals surface area contributed by atoms with Crippen LogP contribution in [0.25, 0.3) is 0 Å². The van der Waals surface area contributed by atoms with Gasteiger partial charge in [0.25, 0.3) is 0 Å². The number of nitrogens with zero attached hydrogens (tertiary/aromatic N) is 1. The maximum atomic E-state index is 14.1. The lowest BCUT2D eigenvalue weighted by atomic mass is 9.76. The van der Waals surface area contributed by atoms with Crippen LogP contribution in [0, 0.1) is 52.3 Å². The van der Waals surface area contributed by atoms with Crippen molar-refractivity contribution in [3.63, 3.8) is 0 Å². The number of piperidine rings is 1.